The Labute approximate surface area is 136 Å². The molecule has 124 valence electrons. The van der Waals surface area contributed by atoms with E-state index in [4.69, 9.17) is 13.9 Å². The van der Waals surface area contributed by atoms with Gasteiger partial charge in [0.05, 0.1) is 19.9 Å². The van der Waals surface area contributed by atoms with Gasteiger partial charge in [0.25, 0.3) is 0 Å². The molecular formula is C18H23NO4. The topological polar surface area (TPSA) is 51.9 Å². The lowest BCUT2D eigenvalue weighted by molar-refractivity contribution is 0.0596. The highest BCUT2D eigenvalue weighted by molar-refractivity contribution is 5.90. The number of furan rings is 1. The van der Waals surface area contributed by atoms with Gasteiger partial charge in [0, 0.05) is 6.54 Å². The molecule has 2 rings (SSSR count). The van der Waals surface area contributed by atoms with Crippen molar-refractivity contribution in [3.05, 3.63) is 53.0 Å². The summed E-state index contributed by atoms with van der Waals surface area (Å²) in [5, 5.41) is 0. The van der Waals surface area contributed by atoms with Crippen LogP contribution in [-0.4, -0.2) is 38.2 Å². The van der Waals surface area contributed by atoms with Crippen LogP contribution in [0.1, 0.15) is 27.2 Å². The molecule has 0 fully saturated rings. The molecule has 5 nitrogen and oxygen atoms in total. The zero-order valence-corrected chi connectivity index (χ0v) is 14.1. The van der Waals surface area contributed by atoms with Crippen molar-refractivity contribution in [3.63, 3.8) is 0 Å². The molecule has 0 atom stereocenters. The van der Waals surface area contributed by atoms with Gasteiger partial charge in [0.15, 0.2) is 0 Å². The van der Waals surface area contributed by atoms with Crippen LogP contribution in [0.5, 0.6) is 5.75 Å². The highest BCUT2D eigenvalue weighted by atomic mass is 16.5. The summed E-state index contributed by atoms with van der Waals surface area (Å²) in [5.41, 5.74) is 2.84. The Bertz CT molecular complexity index is 643. The van der Waals surface area contributed by atoms with E-state index in [0.717, 1.165) is 5.75 Å². The molecule has 23 heavy (non-hydrogen) atoms. The number of aryl methyl sites for hydroxylation is 2. The van der Waals surface area contributed by atoms with Crippen molar-refractivity contribution in [1.82, 2.24) is 4.90 Å². The van der Waals surface area contributed by atoms with E-state index < -0.39 is 0 Å². The molecule has 5 heteroatoms. The number of rotatable bonds is 7. The number of hydrogen-bond donors (Lipinski definition) is 0. The Morgan fingerprint density at radius 1 is 1.22 bits per heavy atom. The number of hydrogen-bond acceptors (Lipinski definition) is 5. The number of benzene rings is 1. The zero-order valence-electron chi connectivity index (χ0n) is 14.1. The van der Waals surface area contributed by atoms with Gasteiger partial charge in [-0.25, -0.2) is 4.79 Å². The summed E-state index contributed by atoms with van der Waals surface area (Å²) in [6.07, 6.45) is 1.50. The van der Waals surface area contributed by atoms with Crippen molar-refractivity contribution in [1.29, 1.82) is 0 Å². The average molecular weight is 317 g/mol. The molecule has 0 aliphatic carbocycles. The van der Waals surface area contributed by atoms with Crippen LogP contribution in [-0.2, 0) is 11.3 Å². The summed E-state index contributed by atoms with van der Waals surface area (Å²) in [6.45, 7) is 5.91. The maximum Gasteiger partial charge on any atom is 0.341 e. The molecule has 0 saturated carbocycles. The van der Waals surface area contributed by atoms with E-state index in [0.29, 0.717) is 31.0 Å². The lowest BCUT2D eigenvalue weighted by atomic mass is 10.1. The van der Waals surface area contributed by atoms with Crippen molar-refractivity contribution < 1.29 is 18.7 Å². The van der Waals surface area contributed by atoms with Gasteiger partial charge in [-0.3, -0.25) is 4.90 Å². The average Bonchev–Trinajstić information content (AvgIpc) is 2.93. The molecule has 0 radical (unpaired) electrons. The van der Waals surface area contributed by atoms with Crippen molar-refractivity contribution in [2.45, 2.75) is 20.4 Å². The Morgan fingerprint density at radius 2 is 1.91 bits per heavy atom. The summed E-state index contributed by atoms with van der Waals surface area (Å²) < 4.78 is 15.9. The minimum atomic E-state index is -0.381. The number of ether oxygens (including phenoxy) is 2. The van der Waals surface area contributed by atoms with Gasteiger partial charge in [0.2, 0.25) is 0 Å². The first kappa shape index (κ1) is 17.1. The molecule has 0 bridgehead atoms. The monoisotopic (exact) mass is 317 g/mol. The minimum Gasteiger partial charge on any atom is -0.492 e. The first-order valence-corrected chi connectivity index (χ1v) is 7.54. The Morgan fingerprint density at radius 3 is 2.57 bits per heavy atom. The molecule has 0 amide bonds. The van der Waals surface area contributed by atoms with Gasteiger partial charge in [-0.1, -0.05) is 6.07 Å². The van der Waals surface area contributed by atoms with Crippen LogP contribution in [0, 0.1) is 13.8 Å². The van der Waals surface area contributed by atoms with Crippen LogP contribution in [0.15, 0.2) is 34.9 Å². The lowest BCUT2D eigenvalue weighted by Crippen LogP contribution is -2.24. The van der Waals surface area contributed by atoms with E-state index in [9.17, 15) is 4.79 Å². The fourth-order valence-electron chi connectivity index (χ4n) is 2.41. The lowest BCUT2D eigenvalue weighted by Gasteiger charge is -2.16. The maximum absolute atomic E-state index is 11.6. The van der Waals surface area contributed by atoms with Crippen molar-refractivity contribution in [2.75, 3.05) is 27.3 Å². The van der Waals surface area contributed by atoms with E-state index in [-0.39, 0.29) is 5.97 Å². The van der Waals surface area contributed by atoms with Crippen LogP contribution in [0.4, 0.5) is 0 Å². The fraction of sp³-hybridized carbons (Fsp3) is 0.389. The van der Waals surface area contributed by atoms with Crippen molar-refractivity contribution in [3.8, 4) is 5.75 Å². The number of carbonyl (C=O) groups is 1. The first-order chi connectivity index (χ1) is 11.0. The molecule has 0 unspecified atom stereocenters. The summed E-state index contributed by atoms with van der Waals surface area (Å²) >= 11 is 0. The summed E-state index contributed by atoms with van der Waals surface area (Å²) in [6, 6.07) is 7.79. The third-order valence-electron chi connectivity index (χ3n) is 3.50. The minimum absolute atomic E-state index is 0.381. The second-order valence-electron chi connectivity index (χ2n) is 5.66. The summed E-state index contributed by atoms with van der Waals surface area (Å²) in [7, 11) is 3.31. The largest absolute Gasteiger partial charge is 0.492 e. The molecule has 0 N–H and O–H groups in total. The number of carbonyl (C=O) groups excluding carboxylic acids is 1. The third kappa shape index (κ3) is 4.86. The van der Waals surface area contributed by atoms with Crippen LogP contribution < -0.4 is 4.74 Å². The summed E-state index contributed by atoms with van der Waals surface area (Å²) in [4.78, 5) is 13.6. The van der Waals surface area contributed by atoms with Crippen LogP contribution in [0.3, 0.4) is 0 Å². The Kier molecular flexibility index (Phi) is 5.82. The number of likely N-dealkylation sites (N-methyl/N-ethyl adjacent to an activating group) is 1. The molecular weight excluding hydrogens is 294 g/mol. The molecule has 2 aromatic rings. The standard InChI is InChI=1S/C18H23NO4/c1-13-9-14(2)11-15(10-13)22-8-6-19(3)12-17-16(5-7-23-17)18(20)21-4/h5,7,9-11H,6,8,12H2,1-4H3. The number of nitrogens with zero attached hydrogens (tertiary/aromatic N) is 1. The van der Waals surface area contributed by atoms with E-state index >= 15 is 0 Å². The predicted octanol–water partition coefficient (Wildman–Crippen LogP) is 3.19. The SMILES string of the molecule is COC(=O)c1ccoc1CN(C)CCOc1cc(C)cc(C)c1. The quantitative estimate of drug-likeness (QED) is 0.734. The second-order valence-corrected chi connectivity index (χ2v) is 5.66. The van der Waals surface area contributed by atoms with Gasteiger partial charge in [-0.15, -0.1) is 0 Å². The predicted molar refractivity (Wildman–Crippen MR) is 87.8 cm³/mol. The highest BCUT2D eigenvalue weighted by Gasteiger charge is 2.16. The maximum atomic E-state index is 11.6. The highest BCUT2D eigenvalue weighted by Crippen LogP contribution is 2.17. The molecule has 0 aliphatic heterocycles. The van der Waals surface area contributed by atoms with Crippen molar-refractivity contribution >= 4 is 5.97 Å². The normalized spacial score (nSPS) is 10.8. The third-order valence-corrected chi connectivity index (χ3v) is 3.50. The first-order valence-electron chi connectivity index (χ1n) is 7.54. The van der Waals surface area contributed by atoms with E-state index in [1.807, 2.05) is 24.1 Å². The van der Waals surface area contributed by atoms with Crippen LogP contribution >= 0.6 is 0 Å². The second kappa shape index (κ2) is 7.83. The Balaban J connectivity index is 1.85. The van der Waals surface area contributed by atoms with Gasteiger partial charge in [-0.2, -0.15) is 0 Å². The number of esters is 1. The molecule has 1 aromatic heterocycles. The smallest absolute Gasteiger partial charge is 0.341 e. The molecule has 1 heterocycles. The van der Waals surface area contributed by atoms with E-state index in [2.05, 4.69) is 19.9 Å². The van der Waals surface area contributed by atoms with Crippen molar-refractivity contribution in [2.24, 2.45) is 0 Å². The fourth-order valence-corrected chi connectivity index (χ4v) is 2.41. The van der Waals surface area contributed by atoms with Crippen LogP contribution in [0.2, 0.25) is 0 Å². The number of methoxy groups -OCH3 is 1. The summed E-state index contributed by atoms with van der Waals surface area (Å²) in [5.74, 6) is 1.10. The van der Waals surface area contributed by atoms with E-state index in [1.165, 1.54) is 24.5 Å². The van der Waals surface area contributed by atoms with Gasteiger partial charge in [0.1, 0.15) is 23.7 Å². The van der Waals surface area contributed by atoms with Gasteiger partial charge >= 0.3 is 5.97 Å². The van der Waals surface area contributed by atoms with Gasteiger partial charge < -0.3 is 13.9 Å². The zero-order chi connectivity index (χ0) is 16.8. The molecule has 0 spiro atoms. The Hall–Kier alpha value is -2.27. The van der Waals surface area contributed by atoms with Crippen LogP contribution in [0.25, 0.3) is 0 Å². The molecule has 0 aliphatic rings. The van der Waals surface area contributed by atoms with E-state index in [1.54, 1.807) is 6.07 Å². The van der Waals surface area contributed by atoms with Gasteiger partial charge in [-0.05, 0) is 50.2 Å². The molecule has 1 aromatic carbocycles. The molecule has 0 saturated heterocycles.